The van der Waals surface area contributed by atoms with Crippen molar-refractivity contribution in [2.75, 3.05) is 6.61 Å². The fourth-order valence-electron chi connectivity index (χ4n) is 1.17. The van der Waals surface area contributed by atoms with Crippen LogP contribution in [0, 0.1) is 5.82 Å². The SMILES string of the molecule is C=C(C)COc1ccc([C@H](C)N)c(F)c1. The molecule has 1 aromatic carbocycles. The molecule has 1 aromatic rings. The molecule has 0 bridgehead atoms. The predicted molar refractivity (Wildman–Crippen MR) is 59.3 cm³/mol. The molecule has 82 valence electrons. The number of nitrogens with two attached hydrogens (primary N) is 1. The summed E-state index contributed by atoms with van der Waals surface area (Å²) in [4.78, 5) is 0. The summed E-state index contributed by atoms with van der Waals surface area (Å²) in [5.41, 5.74) is 6.98. The van der Waals surface area contributed by atoms with Crippen LogP contribution < -0.4 is 10.5 Å². The lowest BCUT2D eigenvalue weighted by Gasteiger charge is -2.10. The normalized spacial score (nSPS) is 12.3. The van der Waals surface area contributed by atoms with Crippen molar-refractivity contribution < 1.29 is 9.13 Å². The molecule has 0 aliphatic carbocycles. The Morgan fingerprint density at radius 2 is 2.27 bits per heavy atom. The minimum Gasteiger partial charge on any atom is -0.489 e. The summed E-state index contributed by atoms with van der Waals surface area (Å²) >= 11 is 0. The van der Waals surface area contributed by atoms with Gasteiger partial charge in [-0.15, -0.1) is 0 Å². The molecule has 0 heterocycles. The van der Waals surface area contributed by atoms with Crippen molar-refractivity contribution >= 4 is 0 Å². The van der Waals surface area contributed by atoms with Crippen LogP contribution in [0.4, 0.5) is 4.39 Å². The lowest BCUT2D eigenvalue weighted by Crippen LogP contribution is -2.07. The zero-order valence-electron chi connectivity index (χ0n) is 9.09. The smallest absolute Gasteiger partial charge is 0.131 e. The third kappa shape index (κ3) is 3.36. The summed E-state index contributed by atoms with van der Waals surface area (Å²) in [7, 11) is 0. The van der Waals surface area contributed by atoms with Gasteiger partial charge in [0, 0.05) is 17.7 Å². The monoisotopic (exact) mass is 209 g/mol. The lowest BCUT2D eigenvalue weighted by atomic mass is 10.1. The van der Waals surface area contributed by atoms with Gasteiger partial charge in [-0.3, -0.25) is 0 Å². The van der Waals surface area contributed by atoms with Crippen LogP contribution in [0.25, 0.3) is 0 Å². The lowest BCUT2D eigenvalue weighted by molar-refractivity contribution is 0.350. The van der Waals surface area contributed by atoms with Gasteiger partial charge in [-0.05, 0) is 25.5 Å². The minimum atomic E-state index is -0.329. The highest BCUT2D eigenvalue weighted by Gasteiger charge is 2.07. The van der Waals surface area contributed by atoms with E-state index in [9.17, 15) is 4.39 Å². The maximum atomic E-state index is 13.4. The molecule has 0 spiro atoms. The average Bonchev–Trinajstić information content (AvgIpc) is 2.14. The Morgan fingerprint density at radius 3 is 2.73 bits per heavy atom. The first kappa shape index (κ1) is 11.7. The van der Waals surface area contributed by atoms with Gasteiger partial charge in [0.25, 0.3) is 0 Å². The van der Waals surface area contributed by atoms with Crippen molar-refractivity contribution in [3.63, 3.8) is 0 Å². The van der Waals surface area contributed by atoms with E-state index in [1.807, 2.05) is 6.92 Å². The van der Waals surface area contributed by atoms with Crippen LogP contribution in [0.3, 0.4) is 0 Å². The fourth-order valence-corrected chi connectivity index (χ4v) is 1.17. The molecular weight excluding hydrogens is 193 g/mol. The third-order valence-corrected chi connectivity index (χ3v) is 1.95. The van der Waals surface area contributed by atoms with Gasteiger partial charge >= 0.3 is 0 Å². The Labute approximate surface area is 89.6 Å². The van der Waals surface area contributed by atoms with Gasteiger partial charge < -0.3 is 10.5 Å². The molecular formula is C12H16FNO. The van der Waals surface area contributed by atoms with Crippen LogP contribution in [0.15, 0.2) is 30.4 Å². The van der Waals surface area contributed by atoms with E-state index in [2.05, 4.69) is 6.58 Å². The first-order chi connectivity index (χ1) is 7.00. The second-order valence-corrected chi connectivity index (χ2v) is 3.72. The molecule has 0 saturated carbocycles. The highest BCUT2D eigenvalue weighted by molar-refractivity contribution is 5.30. The molecule has 0 radical (unpaired) electrons. The average molecular weight is 209 g/mol. The number of halogens is 1. The number of hydrogen-bond acceptors (Lipinski definition) is 2. The van der Waals surface area contributed by atoms with Crippen molar-refractivity contribution in [1.29, 1.82) is 0 Å². The van der Waals surface area contributed by atoms with E-state index in [0.29, 0.717) is 17.9 Å². The first-order valence-electron chi connectivity index (χ1n) is 4.83. The van der Waals surface area contributed by atoms with Crippen LogP contribution in [-0.2, 0) is 0 Å². The maximum absolute atomic E-state index is 13.4. The van der Waals surface area contributed by atoms with E-state index in [1.165, 1.54) is 6.07 Å². The van der Waals surface area contributed by atoms with E-state index in [0.717, 1.165) is 5.57 Å². The molecule has 0 fully saturated rings. The molecule has 2 nitrogen and oxygen atoms in total. The van der Waals surface area contributed by atoms with Crippen LogP contribution in [-0.4, -0.2) is 6.61 Å². The molecule has 3 heteroatoms. The zero-order chi connectivity index (χ0) is 11.4. The summed E-state index contributed by atoms with van der Waals surface area (Å²) in [6.07, 6.45) is 0. The summed E-state index contributed by atoms with van der Waals surface area (Å²) in [6, 6.07) is 4.40. The molecule has 0 aromatic heterocycles. The van der Waals surface area contributed by atoms with Gasteiger partial charge in [-0.2, -0.15) is 0 Å². The molecule has 0 amide bonds. The zero-order valence-corrected chi connectivity index (χ0v) is 9.09. The van der Waals surface area contributed by atoms with Crippen LogP contribution >= 0.6 is 0 Å². The van der Waals surface area contributed by atoms with Crippen LogP contribution in [0.5, 0.6) is 5.75 Å². The summed E-state index contributed by atoms with van der Waals surface area (Å²) in [5.74, 6) is 0.170. The first-order valence-corrected chi connectivity index (χ1v) is 4.83. The Balaban J connectivity index is 2.77. The van der Waals surface area contributed by atoms with Crippen molar-refractivity contribution in [2.24, 2.45) is 5.73 Å². The van der Waals surface area contributed by atoms with Crippen molar-refractivity contribution in [1.82, 2.24) is 0 Å². The molecule has 2 N–H and O–H groups in total. The minimum absolute atomic E-state index is 0.305. The number of hydrogen-bond donors (Lipinski definition) is 1. The van der Waals surface area contributed by atoms with Crippen LogP contribution in [0.1, 0.15) is 25.5 Å². The van der Waals surface area contributed by atoms with Gasteiger partial charge in [0.05, 0.1) is 0 Å². The molecule has 1 atom stereocenters. The van der Waals surface area contributed by atoms with Crippen LogP contribution in [0.2, 0.25) is 0 Å². The van der Waals surface area contributed by atoms with Gasteiger partial charge in [0.1, 0.15) is 18.2 Å². The predicted octanol–water partition coefficient (Wildman–Crippen LogP) is 2.80. The highest BCUT2D eigenvalue weighted by Crippen LogP contribution is 2.20. The summed E-state index contributed by atoms with van der Waals surface area (Å²) in [6.45, 7) is 7.70. The topological polar surface area (TPSA) is 35.2 Å². The summed E-state index contributed by atoms with van der Waals surface area (Å²) < 4.78 is 18.7. The molecule has 0 aliphatic heterocycles. The number of benzene rings is 1. The van der Waals surface area contributed by atoms with E-state index in [4.69, 9.17) is 10.5 Å². The van der Waals surface area contributed by atoms with Gasteiger partial charge in [0.2, 0.25) is 0 Å². The molecule has 0 saturated heterocycles. The molecule has 0 aliphatic rings. The second-order valence-electron chi connectivity index (χ2n) is 3.72. The van der Waals surface area contributed by atoms with Gasteiger partial charge in [-0.1, -0.05) is 12.6 Å². The van der Waals surface area contributed by atoms with Gasteiger partial charge in [0.15, 0.2) is 0 Å². The number of ether oxygens (including phenoxy) is 1. The Morgan fingerprint density at radius 1 is 1.60 bits per heavy atom. The summed E-state index contributed by atoms with van der Waals surface area (Å²) in [5, 5.41) is 0. The fraction of sp³-hybridized carbons (Fsp3) is 0.333. The van der Waals surface area contributed by atoms with E-state index < -0.39 is 0 Å². The standard InChI is InChI=1S/C12H16FNO/c1-8(2)7-15-10-4-5-11(9(3)14)12(13)6-10/h4-6,9H,1,7,14H2,2-3H3/t9-/m0/s1. The second kappa shape index (κ2) is 4.94. The van der Waals surface area contributed by atoms with E-state index in [1.54, 1.807) is 19.1 Å². The third-order valence-electron chi connectivity index (χ3n) is 1.95. The van der Waals surface area contributed by atoms with Crippen molar-refractivity contribution in [2.45, 2.75) is 19.9 Å². The molecule has 15 heavy (non-hydrogen) atoms. The highest BCUT2D eigenvalue weighted by atomic mass is 19.1. The number of rotatable bonds is 4. The van der Waals surface area contributed by atoms with Gasteiger partial charge in [-0.25, -0.2) is 4.39 Å². The van der Waals surface area contributed by atoms with E-state index in [-0.39, 0.29) is 11.9 Å². The Bertz CT molecular complexity index is 361. The van der Waals surface area contributed by atoms with Crippen molar-refractivity contribution in [3.8, 4) is 5.75 Å². The molecule has 0 unspecified atom stereocenters. The maximum Gasteiger partial charge on any atom is 0.131 e. The van der Waals surface area contributed by atoms with E-state index >= 15 is 0 Å². The Kier molecular flexibility index (Phi) is 3.86. The van der Waals surface area contributed by atoms with Crippen molar-refractivity contribution in [3.05, 3.63) is 41.7 Å². The Hall–Kier alpha value is -1.35. The largest absolute Gasteiger partial charge is 0.489 e. The molecule has 1 rings (SSSR count). The quantitative estimate of drug-likeness (QED) is 0.774.